The molecule has 3 rings (SSSR count). The maximum atomic E-state index is 12.8. The van der Waals surface area contributed by atoms with Crippen molar-refractivity contribution in [1.82, 2.24) is 15.4 Å². The Hall–Kier alpha value is -1.35. The normalized spacial score (nSPS) is 20.7. The number of piperidine rings is 1. The second kappa shape index (κ2) is 9.73. The molecule has 0 spiro atoms. The van der Waals surface area contributed by atoms with Gasteiger partial charge in [-0.05, 0) is 50.4 Å². The lowest BCUT2D eigenvalue weighted by Gasteiger charge is -2.24. The summed E-state index contributed by atoms with van der Waals surface area (Å²) in [5.74, 6) is -0.0231. The van der Waals surface area contributed by atoms with Crippen LogP contribution in [-0.4, -0.2) is 46.6 Å². The summed E-state index contributed by atoms with van der Waals surface area (Å²) in [6.45, 7) is 1.69. The van der Waals surface area contributed by atoms with Gasteiger partial charge in [0.05, 0.1) is 7.11 Å². The number of methoxy groups -OCH3 is 1. The summed E-state index contributed by atoms with van der Waals surface area (Å²) in [6, 6.07) is 4.56. The molecule has 9 heteroatoms. The quantitative estimate of drug-likeness (QED) is 0.656. The summed E-state index contributed by atoms with van der Waals surface area (Å²) < 4.78 is 33.6. The minimum absolute atomic E-state index is 0. The van der Waals surface area contributed by atoms with E-state index in [1.54, 1.807) is 6.07 Å². The van der Waals surface area contributed by atoms with E-state index < -0.39 is 10.0 Å². The van der Waals surface area contributed by atoms with Gasteiger partial charge in [-0.1, -0.05) is 12.8 Å². The number of sulfonamides is 1. The van der Waals surface area contributed by atoms with Gasteiger partial charge in [-0.25, -0.2) is 13.1 Å². The van der Waals surface area contributed by atoms with E-state index in [-0.39, 0.29) is 41.0 Å². The third-order valence-corrected chi connectivity index (χ3v) is 6.57. The van der Waals surface area contributed by atoms with Crippen molar-refractivity contribution in [2.75, 3.05) is 20.2 Å². The lowest BCUT2D eigenvalue weighted by atomic mass is 10.1. The predicted molar refractivity (Wildman–Crippen MR) is 106 cm³/mol. The molecule has 1 amide bonds. The molecule has 0 aromatic heterocycles. The van der Waals surface area contributed by atoms with Crippen LogP contribution in [0.15, 0.2) is 23.1 Å². The van der Waals surface area contributed by atoms with E-state index in [4.69, 9.17) is 4.74 Å². The number of hydrogen-bond donors (Lipinski definition) is 3. The van der Waals surface area contributed by atoms with Gasteiger partial charge in [-0.3, -0.25) is 4.79 Å². The highest BCUT2D eigenvalue weighted by molar-refractivity contribution is 7.89. The average Bonchev–Trinajstić information content (AvgIpc) is 3.14. The van der Waals surface area contributed by atoms with Gasteiger partial charge < -0.3 is 15.4 Å². The first-order valence-corrected chi connectivity index (χ1v) is 10.7. The van der Waals surface area contributed by atoms with Gasteiger partial charge in [-0.15, -0.1) is 12.4 Å². The van der Waals surface area contributed by atoms with Crippen molar-refractivity contribution >= 4 is 28.3 Å². The fourth-order valence-corrected chi connectivity index (χ4v) is 5.10. The number of hydrogen-bond acceptors (Lipinski definition) is 5. The Morgan fingerprint density at radius 3 is 2.48 bits per heavy atom. The van der Waals surface area contributed by atoms with E-state index >= 15 is 0 Å². The molecule has 1 unspecified atom stereocenters. The zero-order chi connectivity index (χ0) is 18.6. The lowest BCUT2D eigenvalue weighted by molar-refractivity contribution is 0.0930. The molecule has 1 aliphatic heterocycles. The Labute approximate surface area is 167 Å². The lowest BCUT2D eigenvalue weighted by Crippen LogP contribution is -2.45. The van der Waals surface area contributed by atoms with Crippen LogP contribution in [0.25, 0.3) is 0 Å². The van der Waals surface area contributed by atoms with E-state index in [1.807, 2.05) is 0 Å². The van der Waals surface area contributed by atoms with Crippen molar-refractivity contribution in [1.29, 1.82) is 0 Å². The van der Waals surface area contributed by atoms with Crippen LogP contribution >= 0.6 is 12.4 Å². The van der Waals surface area contributed by atoms with Crippen LogP contribution < -0.4 is 20.1 Å². The molecule has 0 radical (unpaired) electrons. The Kier molecular flexibility index (Phi) is 7.91. The minimum atomic E-state index is -3.74. The molecule has 2 aliphatic rings. The molecule has 1 aromatic rings. The van der Waals surface area contributed by atoms with Crippen molar-refractivity contribution in [3.63, 3.8) is 0 Å². The number of halogens is 1. The van der Waals surface area contributed by atoms with Crippen LogP contribution in [0.2, 0.25) is 0 Å². The highest BCUT2D eigenvalue weighted by atomic mass is 35.5. The number of benzene rings is 1. The maximum absolute atomic E-state index is 12.8. The second-order valence-corrected chi connectivity index (χ2v) is 8.67. The van der Waals surface area contributed by atoms with Crippen molar-refractivity contribution in [2.45, 2.75) is 55.5 Å². The fourth-order valence-electron chi connectivity index (χ4n) is 3.60. The molecular formula is C18H28ClN3O4S. The molecular weight excluding hydrogens is 390 g/mol. The van der Waals surface area contributed by atoms with Crippen molar-refractivity contribution < 1.29 is 17.9 Å². The third kappa shape index (κ3) is 5.57. The highest BCUT2D eigenvalue weighted by Crippen LogP contribution is 2.27. The van der Waals surface area contributed by atoms with Gasteiger partial charge in [-0.2, -0.15) is 0 Å². The number of amides is 1. The smallest absolute Gasteiger partial charge is 0.251 e. The van der Waals surface area contributed by atoms with E-state index in [0.29, 0.717) is 5.56 Å². The molecule has 2 fully saturated rings. The summed E-state index contributed by atoms with van der Waals surface area (Å²) >= 11 is 0. The Morgan fingerprint density at radius 2 is 1.85 bits per heavy atom. The largest absolute Gasteiger partial charge is 0.495 e. The summed E-state index contributed by atoms with van der Waals surface area (Å²) in [6.07, 6.45) is 5.68. The molecule has 1 aromatic carbocycles. The van der Waals surface area contributed by atoms with E-state index in [1.165, 1.54) is 19.2 Å². The molecule has 1 saturated carbocycles. The van der Waals surface area contributed by atoms with E-state index in [2.05, 4.69) is 15.4 Å². The highest BCUT2D eigenvalue weighted by Gasteiger charge is 2.27. The van der Waals surface area contributed by atoms with Crippen LogP contribution in [0.3, 0.4) is 0 Å². The molecule has 1 saturated heterocycles. The van der Waals surface area contributed by atoms with E-state index in [0.717, 1.165) is 51.6 Å². The third-order valence-electron chi connectivity index (χ3n) is 5.02. The number of carbonyl (C=O) groups excluding carboxylic acids is 1. The van der Waals surface area contributed by atoms with Gasteiger partial charge in [0.2, 0.25) is 10.0 Å². The van der Waals surface area contributed by atoms with Gasteiger partial charge in [0, 0.05) is 24.2 Å². The summed E-state index contributed by atoms with van der Waals surface area (Å²) in [7, 11) is -2.31. The monoisotopic (exact) mass is 417 g/mol. The molecule has 1 atom stereocenters. The SMILES string of the molecule is COc1ccc(C(=O)NC2CCCNC2)cc1S(=O)(=O)NC1CCCC1.Cl. The maximum Gasteiger partial charge on any atom is 0.251 e. The Bertz CT molecular complexity index is 745. The van der Waals surface area contributed by atoms with Crippen molar-refractivity contribution in [2.24, 2.45) is 0 Å². The second-order valence-electron chi connectivity index (χ2n) is 6.99. The molecule has 1 aliphatic carbocycles. The first kappa shape index (κ1) is 21.9. The Balaban J connectivity index is 0.00000261. The molecule has 0 bridgehead atoms. The number of carbonyl (C=O) groups is 1. The van der Waals surface area contributed by atoms with E-state index in [9.17, 15) is 13.2 Å². The Morgan fingerprint density at radius 1 is 1.15 bits per heavy atom. The first-order chi connectivity index (χ1) is 12.5. The standard InChI is InChI=1S/C18H27N3O4S.ClH/c1-25-16-9-8-13(18(22)20-15-7-4-10-19-12-15)11-17(16)26(23,24)21-14-5-2-3-6-14;/h8-9,11,14-15,19,21H,2-7,10,12H2,1H3,(H,20,22);1H. The minimum Gasteiger partial charge on any atom is -0.495 e. The van der Waals surface area contributed by atoms with Crippen LogP contribution in [0, 0.1) is 0 Å². The molecule has 3 N–H and O–H groups in total. The van der Waals surface area contributed by atoms with Gasteiger partial charge >= 0.3 is 0 Å². The van der Waals surface area contributed by atoms with Gasteiger partial charge in [0.15, 0.2) is 0 Å². The number of ether oxygens (including phenoxy) is 1. The zero-order valence-electron chi connectivity index (χ0n) is 15.5. The fraction of sp³-hybridized carbons (Fsp3) is 0.611. The molecule has 27 heavy (non-hydrogen) atoms. The van der Waals surface area contributed by atoms with Crippen LogP contribution in [0.5, 0.6) is 5.75 Å². The van der Waals surface area contributed by atoms with Crippen molar-refractivity contribution in [3.8, 4) is 5.75 Å². The van der Waals surface area contributed by atoms with Gasteiger partial charge in [0.25, 0.3) is 5.91 Å². The molecule has 1 heterocycles. The first-order valence-electron chi connectivity index (χ1n) is 9.21. The van der Waals surface area contributed by atoms with Crippen LogP contribution in [0.1, 0.15) is 48.9 Å². The predicted octanol–water partition coefficient (Wildman–Crippen LogP) is 1.82. The summed E-state index contributed by atoms with van der Waals surface area (Å²) in [4.78, 5) is 12.6. The molecule has 152 valence electrons. The number of rotatable bonds is 6. The summed E-state index contributed by atoms with van der Waals surface area (Å²) in [5, 5.41) is 6.21. The summed E-state index contributed by atoms with van der Waals surface area (Å²) in [5.41, 5.74) is 0.322. The zero-order valence-corrected chi connectivity index (χ0v) is 17.1. The van der Waals surface area contributed by atoms with Crippen LogP contribution in [0.4, 0.5) is 0 Å². The number of nitrogens with one attached hydrogen (secondary N) is 3. The van der Waals surface area contributed by atoms with Gasteiger partial charge in [0.1, 0.15) is 10.6 Å². The van der Waals surface area contributed by atoms with Crippen LogP contribution in [-0.2, 0) is 10.0 Å². The topological polar surface area (TPSA) is 96.5 Å². The molecule has 7 nitrogen and oxygen atoms in total. The average molecular weight is 418 g/mol. The van der Waals surface area contributed by atoms with Crippen molar-refractivity contribution in [3.05, 3.63) is 23.8 Å².